The Hall–Kier alpha value is -7.34. The van der Waals surface area contributed by atoms with Crippen LogP contribution in [0, 0.1) is 0 Å². The number of fused-ring (bicyclic) bond motifs is 16. The third kappa shape index (κ3) is 4.37. The maximum absolute atomic E-state index is 8.79. The molecule has 9 aromatic carbocycles. The molecule has 13 aromatic rings. The molecule has 0 aliphatic rings. The lowest BCUT2D eigenvalue weighted by Gasteiger charge is -2.12. The summed E-state index contributed by atoms with van der Waals surface area (Å²) in [6.07, 6.45) is 0. The summed E-state index contributed by atoms with van der Waals surface area (Å²) < 4.78 is 54.1. The van der Waals surface area contributed by atoms with Crippen molar-refractivity contribution in [1.82, 2.24) is 14.5 Å². The minimum absolute atomic E-state index is 0.00486. The normalized spacial score (nSPS) is 13.4. The van der Waals surface area contributed by atoms with E-state index >= 15 is 0 Å². The molecule has 0 atom stereocenters. The minimum Gasteiger partial charge on any atom is -0.437 e. The largest absolute Gasteiger partial charge is 0.437 e. The standard InChI is InChI=1S/C52H29N3OS/c1-2-13-31(14-3-1)51-53-47(46-41-27-25-30-12-4-5-15-36(30)49(41)56-52(46)54-51)34-23-22-33-29-35(26-24-32(33)28-34)55-42-20-10-8-18-39(42)44-37-16-6-7-17-38(37)45-40-19-9-11-21-43(40)57-50(45)48(44)55/h1-29H/i1D,2D,3D,13D,14D. The van der Waals surface area contributed by atoms with Gasteiger partial charge in [0.25, 0.3) is 0 Å². The van der Waals surface area contributed by atoms with Crippen molar-refractivity contribution in [3.05, 3.63) is 176 Å². The van der Waals surface area contributed by atoms with Gasteiger partial charge in [0.15, 0.2) is 5.82 Å². The molecule has 0 unspecified atom stereocenters. The van der Waals surface area contributed by atoms with Crippen LogP contribution >= 0.6 is 11.3 Å². The van der Waals surface area contributed by atoms with Gasteiger partial charge in [0.05, 0.1) is 33.7 Å². The number of nitrogens with zero attached hydrogens (tertiary/aromatic N) is 3. The molecule has 0 aliphatic heterocycles. The average molecular weight is 749 g/mol. The van der Waals surface area contributed by atoms with E-state index in [2.05, 4.69) is 108 Å². The van der Waals surface area contributed by atoms with Crippen LogP contribution in [-0.2, 0) is 0 Å². The molecular weight excluding hydrogens is 715 g/mol. The smallest absolute Gasteiger partial charge is 0.231 e. The number of benzene rings is 9. The lowest BCUT2D eigenvalue weighted by atomic mass is 9.99. The zero-order valence-corrected chi connectivity index (χ0v) is 30.8. The summed E-state index contributed by atoms with van der Waals surface area (Å²) in [5.41, 5.74) is 5.52. The molecule has 4 nitrogen and oxygen atoms in total. The first-order valence-corrected chi connectivity index (χ1v) is 19.6. The zero-order chi connectivity index (χ0) is 41.5. The number of para-hydroxylation sites is 1. The highest BCUT2D eigenvalue weighted by Crippen LogP contribution is 2.48. The van der Waals surface area contributed by atoms with Crippen LogP contribution in [0.25, 0.3) is 125 Å². The molecule has 0 bridgehead atoms. The van der Waals surface area contributed by atoms with Crippen LogP contribution in [0.2, 0.25) is 0 Å². The Labute approximate surface area is 336 Å². The average Bonchev–Trinajstić information content (AvgIpc) is 4.00. The van der Waals surface area contributed by atoms with E-state index in [0.29, 0.717) is 16.7 Å². The summed E-state index contributed by atoms with van der Waals surface area (Å²) in [5, 5.41) is 12.9. The quantitative estimate of drug-likeness (QED) is 0.181. The highest BCUT2D eigenvalue weighted by atomic mass is 32.1. The molecule has 57 heavy (non-hydrogen) atoms. The van der Waals surface area contributed by atoms with Gasteiger partial charge in [-0.2, -0.15) is 4.98 Å². The van der Waals surface area contributed by atoms with E-state index in [1.54, 1.807) is 0 Å². The molecular formula is C52H29N3OS. The molecule has 264 valence electrons. The number of hydrogen-bond donors (Lipinski definition) is 0. The van der Waals surface area contributed by atoms with Gasteiger partial charge >= 0.3 is 0 Å². The van der Waals surface area contributed by atoms with Gasteiger partial charge in [0.1, 0.15) is 5.58 Å². The molecule has 0 fully saturated rings. The lowest BCUT2D eigenvalue weighted by Crippen LogP contribution is -1.95. The van der Waals surface area contributed by atoms with Gasteiger partial charge in [-0.25, -0.2) is 4.98 Å². The van der Waals surface area contributed by atoms with Gasteiger partial charge < -0.3 is 8.98 Å². The zero-order valence-electron chi connectivity index (χ0n) is 35.0. The fourth-order valence-electron chi connectivity index (χ4n) is 9.00. The first kappa shape index (κ1) is 26.5. The van der Waals surface area contributed by atoms with Crippen molar-refractivity contribution in [1.29, 1.82) is 0 Å². The molecule has 4 heterocycles. The van der Waals surface area contributed by atoms with Gasteiger partial charge in [-0.05, 0) is 63.3 Å². The number of furan rings is 1. The molecule has 0 N–H and O–H groups in total. The number of thiophene rings is 1. The Balaban J connectivity index is 1.06. The lowest BCUT2D eigenvalue weighted by molar-refractivity contribution is 0.657. The van der Waals surface area contributed by atoms with Crippen LogP contribution < -0.4 is 0 Å². The Kier molecular flexibility index (Phi) is 5.38. The van der Waals surface area contributed by atoms with Gasteiger partial charge in [0, 0.05) is 53.8 Å². The van der Waals surface area contributed by atoms with Crippen molar-refractivity contribution < 1.29 is 11.3 Å². The van der Waals surface area contributed by atoms with Gasteiger partial charge in [0.2, 0.25) is 5.71 Å². The Morgan fingerprint density at radius 1 is 0.526 bits per heavy atom. The first-order valence-electron chi connectivity index (χ1n) is 21.3. The summed E-state index contributed by atoms with van der Waals surface area (Å²) in [5.74, 6) is -0.00486. The number of rotatable bonds is 3. The fourth-order valence-corrected chi connectivity index (χ4v) is 10.3. The van der Waals surface area contributed by atoms with E-state index in [0.717, 1.165) is 43.7 Å². The molecule has 0 amide bonds. The highest BCUT2D eigenvalue weighted by Gasteiger charge is 2.23. The van der Waals surface area contributed by atoms with Crippen molar-refractivity contribution in [2.45, 2.75) is 0 Å². The van der Waals surface area contributed by atoms with Gasteiger partial charge in [-0.3, -0.25) is 0 Å². The highest BCUT2D eigenvalue weighted by molar-refractivity contribution is 7.27. The summed E-state index contributed by atoms with van der Waals surface area (Å²) >= 11 is 1.85. The summed E-state index contributed by atoms with van der Waals surface area (Å²) in [7, 11) is 0. The van der Waals surface area contributed by atoms with Crippen LogP contribution in [0.1, 0.15) is 6.85 Å². The maximum atomic E-state index is 8.79. The summed E-state index contributed by atoms with van der Waals surface area (Å²) in [4.78, 5) is 9.81. The Morgan fingerprint density at radius 3 is 2.11 bits per heavy atom. The molecule has 0 spiro atoms. The van der Waals surface area contributed by atoms with E-state index in [1.165, 1.54) is 47.2 Å². The van der Waals surface area contributed by atoms with Crippen molar-refractivity contribution in [2.24, 2.45) is 0 Å². The summed E-state index contributed by atoms with van der Waals surface area (Å²) in [6, 6.07) is 48.8. The third-order valence-corrected chi connectivity index (χ3v) is 12.6. The van der Waals surface area contributed by atoms with Crippen molar-refractivity contribution in [3.8, 4) is 28.3 Å². The van der Waals surface area contributed by atoms with Crippen LogP contribution in [0.3, 0.4) is 0 Å². The van der Waals surface area contributed by atoms with Crippen LogP contribution in [-0.4, -0.2) is 14.5 Å². The van der Waals surface area contributed by atoms with Crippen LogP contribution in [0.4, 0.5) is 0 Å². The van der Waals surface area contributed by atoms with E-state index in [9.17, 15) is 0 Å². The molecule has 0 aliphatic carbocycles. The van der Waals surface area contributed by atoms with Crippen LogP contribution in [0.5, 0.6) is 0 Å². The van der Waals surface area contributed by atoms with Gasteiger partial charge in [-0.15, -0.1) is 11.3 Å². The first-order chi connectivity index (χ1) is 30.3. The Bertz CT molecular complexity index is 4100. The van der Waals surface area contributed by atoms with E-state index in [4.69, 9.17) is 21.2 Å². The van der Waals surface area contributed by atoms with Gasteiger partial charge in [-0.1, -0.05) is 139 Å². The third-order valence-electron chi connectivity index (χ3n) is 11.5. The molecule has 13 rings (SSSR count). The molecule has 4 aromatic heterocycles. The fraction of sp³-hybridized carbons (Fsp3) is 0. The second-order valence-corrected chi connectivity index (χ2v) is 15.6. The van der Waals surface area contributed by atoms with Crippen LogP contribution in [0.15, 0.2) is 180 Å². The molecule has 0 radical (unpaired) electrons. The monoisotopic (exact) mass is 748 g/mol. The number of aromatic nitrogens is 3. The van der Waals surface area contributed by atoms with E-state index in [1.807, 2.05) is 53.8 Å². The minimum atomic E-state index is -0.475. The van der Waals surface area contributed by atoms with Crippen molar-refractivity contribution >= 4 is 108 Å². The predicted octanol–water partition coefficient (Wildman–Crippen LogP) is 14.6. The SMILES string of the molecule is [2H]c1c([2H])c([2H])c(-c2nc(-c3ccc4cc(-n5c6ccccc6c6c7ccccc7c7c8ccccc8sc7c65)ccc4c3)c3c(n2)oc2c4ccccc4ccc23)c([2H])c1[2H]. The second kappa shape index (κ2) is 11.6. The number of hydrogen-bond acceptors (Lipinski definition) is 4. The summed E-state index contributed by atoms with van der Waals surface area (Å²) in [6.45, 7) is 0. The Morgan fingerprint density at radius 2 is 1.23 bits per heavy atom. The topological polar surface area (TPSA) is 43.9 Å². The molecule has 5 heteroatoms. The predicted molar refractivity (Wildman–Crippen MR) is 240 cm³/mol. The molecule has 0 saturated carbocycles. The van der Waals surface area contributed by atoms with E-state index in [-0.39, 0.29) is 29.2 Å². The second-order valence-electron chi connectivity index (χ2n) is 14.5. The van der Waals surface area contributed by atoms with Crippen molar-refractivity contribution in [2.75, 3.05) is 0 Å². The molecule has 0 saturated heterocycles. The van der Waals surface area contributed by atoms with Crippen molar-refractivity contribution in [3.63, 3.8) is 0 Å². The van der Waals surface area contributed by atoms with E-state index < -0.39 is 18.1 Å². The maximum Gasteiger partial charge on any atom is 0.231 e.